The summed E-state index contributed by atoms with van der Waals surface area (Å²) < 4.78 is 6.82. The van der Waals surface area contributed by atoms with E-state index in [9.17, 15) is 19.5 Å². The molecule has 0 saturated carbocycles. The number of para-hydroxylation sites is 1. The maximum absolute atomic E-state index is 12.5. The van der Waals surface area contributed by atoms with Crippen molar-refractivity contribution in [2.45, 2.75) is 52.6 Å². The van der Waals surface area contributed by atoms with Gasteiger partial charge in [0.25, 0.3) is 5.56 Å². The number of nitrogens with one attached hydrogen (secondary N) is 1. The Kier molecular flexibility index (Phi) is 6.39. The van der Waals surface area contributed by atoms with Gasteiger partial charge < -0.3 is 9.84 Å². The van der Waals surface area contributed by atoms with E-state index in [0.717, 1.165) is 16.6 Å². The Hall–Kier alpha value is -3.36. The predicted octanol–water partition coefficient (Wildman–Crippen LogP) is 2.14. The molecule has 0 spiro atoms. The second kappa shape index (κ2) is 8.98. The van der Waals surface area contributed by atoms with Crippen LogP contribution in [0.1, 0.15) is 57.2 Å². The quantitative estimate of drug-likeness (QED) is 0.720. The maximum Gasteiger partial charge on any atom is 0.331 e. The SMILES string of the molecule is CCCCn1c(O)c(C2=NN(C(C)=O)[C@@H](c3ccccc3OCC)C2)c(=O)[nH]c1=O. The minimum Gasteiger partial charge on any atom is -0.494 e. The van der Waals surface area contributed by atoms with Gasteiger partial charge in [0.15, 0.2) is 0 Å². The van der Waals surface area contributed by atoms with Crippen molar-refractivity contribution in [2.24, 2.45) is 5.10 Å². The van der Waals surface area contributed by atoms with Gasteiger partial charge in [0.05, 0.1) is 18.4 Å². The van der Waals surface area contributed by atoms with Crippen molar-refractivity contribution in [1.82, 2.24) is 14.6 Å². The maximum atomic E-state index is 12.5. The summed E-state index contributed by atoms with van der Waals surface area (Å²) in [7, 11) is 0. The molecular weight excluding hydrogens is 388 g/mol. The Morgan fingerprint density at radius 2 is 2.03 bits per heavy atom. The number of rotatable bonds is 7. The van der Waals surface area contributed by atoms with Crippen molar-refractivity contribution in [3.63, 3.8) is 0 Å². The third-order valence-electron chi connectivity index (χ3n) is 5.01. The highest BCUT2D eigenvalue weighted by Crippen LogP contribution is 2.37. The van der Waals surface area contributed by atoms with Crippen molar-refractivity contribution in [3.8, 4) is 11.6 Å². The highest BCUT2D eigenvalue weighted by atomic mass is 16.5. The number of hydrazone groups is 1. The standard InChI is InChI=1S/C21H26N4O5/c1-4-6-11-24-20(28)18(19(27)22-21(24)29)15-12-16(25(23-15)13(3)26)14-9-7-8-10-17(14)30-5-2/h7-10,16,28H,4-6,11-12H2,1-3H3,(H,22,27,29)/t16-/m1/s1. The van der Waals surface area contributed by atoms with E-state index in [1.807, 2.05) is 38.1 Å². The first-order chi connectivity index (χ1) is 14.4. The minimum atomic E-state index is -0.730. The van der Waals surface area contributed by atoms with Crippen molar-refractivity contribution in [3.05, 3.63) is 56.2 Å². The molecule has 30 heavy (non-hydrogen) atoms. The lowest BCUT2D eigenvalue weighted by atomic mass is 9.98. The molecule has 1 amide bonds. The summed E-state index contributed by atoms with van der Waals surface area (Å²) in [5.74, 6) is -0.117. The minimum absolute atomic E-state index is 0.0895. The van der Waals surface area contributed by atoms with Gasteiger partial charge in [-0.05, 0) is 19.4 Å². The van der Waals surface area contributed by atoms with Crippen LogP contribution in [-0.2, 0) is 11.3 Å². The normalized spacial score (nSPS) is 15.9. The second-order valence-electron chi connectivity index (χ2n) is 7.06. The molecule has 0 fully saturated rings. The van der Waals surface area contributed by atoms with Crippen LogP contribution in [0.5, 0.6) is 11.6 Å². The van der Waals surface area contributed by atoms with Gasteiger partial charge in [-0.2, -0.15) is 5.10 Å². The summed E-state index contributed by atoms with van der Waals surface area (Å²) in [6.45, 7) is 5.94. The van der Waals surface area contributed by atoms with Gasteiger partial charge in [-0.1, -0.05) is 31.5 Å². The largest absolute Gasteiger partial charge is 0.494 e. The third kappa shape index (κ3) is 4.00. The third-order valence-corrected chi connectivity index (χ3v) is 5.01. The van der Waals surface area contributed by atoms with E-state index in [2.05, 4.69) is 10.1 Å². The summed E-state index contributed by atoms with van der Waals surface area (Å²) >= 11 is 0. The summed E-state index contributed by atoms with van der Waals surface area (Å²) in [5, 5.41) is 16.3. The molecule has 2 N–H and O–H groups in total. The van der Waals surface area contributed by atoms with Crippen molar-refractivity contribution in [2.75, 3.05) is 6.61 Å². The van der Waals surface area contributed by atoms with E-state index in [1.165, 1.54) is 11.9 Å². The summed E-state index contributed by atoms with van der Waals surface area (Å²) in [5.41, 5.74) is -0.497. The lowest BCUT2D eigenvalue weighted by Crippen LogP contribution is -2.33. The van der Waals surface area contributed by atoms with Crippen LogP contribution in [0, 0.1) is 0 Å². The van der Waals surface area contributed by atoms with E-state index in [0.29, 0.717) is 18.8 Å². The molecule has 3 rings (SSSR count). The Morgan fingerprint density at radius 1 is 1.30 bits per heavy atom. The Balaban J connectivity index is 2.07. The molecule has 0 saturated heterocycles. The molecule has 160 valence electrons. The fourth-order valence-corrected chi connectivity index (χ4v) is 3.58. The molecule has 0 unspecified atom stereocenters. The number of benzene rings is 1. The number of aromatic amines is 1. The fourth-order valence-electron chi connectivity index (χ4n) is 3.58. The Bertz CT molecular complexity index is 1090. The number of nitrogens with zero attached hydrogens (tertiary/aromatic N) is 3. The van der Waals surface area contributed by atoms with E-state index in [1.54, 1.807) is 0 Å². The van der Waals surface area contributed by atoms with Crippen LogP contribution in [-0.4, -0.2) is 37.9 Å². The fraction of sp³-hybridized carbons (Fsp3) is 0.429. The van der Waals surface area contributed by atoms with Crippen LogP contribution in [0.4, 0.5) is 0 Å². The Morgan fingerprint density at radius 3 is 2.70 bits per heavy atom. The van der Waals surface area contributed by atoms with Gasteiger partial charge in [-0.15, -0.1) is 0 Å². The van der Waals surface area contributed by atoms with Crippen LogP contribution in [0.15, 0.2) is 39.0 Å². The van der Waals surface area contributed by atoms with Gasteiger partial charge in [0.1, 0.15) is 11.3 Å². The van der Waals surface area contributed by atoms with Crippen LogP contribution in [0.2, 0.25) is 0 Å². The molecule has 1 aliphatic heterocycles. The van der Waals surface area contributed by atoms with Gasteiger partial charge in [-0.3, -0.25) is 19.1 Å². The molecule has 2 heterocycles. The zero-order valence-electron chi connectivity index (χ0n) is 17.3. The van der Waals surface area contributed by atoms with Crippen molar-refractivity contribution in [1.29, 1.82) is 0 Å². The zero-order chi connectivity index (χ0) is 21.8. The first-order valence-electron chi connectivity index (χ1n) is 10.0. The van der Waals surface area contributed by atoms with E-state index in [4.69, 9.17) is 4.74 Å². The highest BCUT2D eigenvalue weighted by molar-refractivity contribution is 6.04. The first-order valence-corrected chi connectivity index (χ1v) is 10.0. The molecular formula is C21H26N4O5. The van der Waals surface area contributed by atoms with Crippen LogP contribution < -0.4 is 16.0 Å². The van der Waals surface area contributed by atoms with Crippen molar-refractivity contribution >= 4 is 11.6 Å². The molecule has 1 aromatic carbocycles. The number of hydrogen-bond donors (Lipinski definition) is 2. The van der Waals surface area contributed by atoms with Gasteiger partial charge >= 0.3 is 5.69 Å². The average Bonchev–Trinajstić information content (AvgIpc) is 3.13. The smallest absolute Gasteiger partial charge is 0.331 e. The number of H-pyrrole nitrogens is 1. The number of aromatic nitrogens is 2. The predicted molar refractivity (Wildman–Crippen MR) is 112 cm³/mol. The number of unbranched alkanes of at least 4 members (excludes halogenated alkanes) is 1. The molecule has 0 bridgehead atoms. The van der Waals surface area contributed by atoms with Crippen molar-refractivity contribution < 1.29 is 14.6 Å². The molecule has 1 atom stereocenters. The molecule has 9 heteroatoms. The molecule has 9 nitrogen and oxygen atoms in total. The van der Waals surface area contributed by atoms with E-state index < -0.39 is 23.2 Å². The lowest BCUT2D eigenvalue weighted by Gasteiger charge is -2.22. The highest BCUT2D eigenvalue weighted by Gasteiger charge is 2.35. The van der Waals surface area contributed by atoms with Gasteiger partial charge in [0.2, 0.25) is 11.8 Å². The first kappa shape index (κ1) is 21.4. The number of hydrogen-bond acceptors (Lipinski definition) is 6. The second-order valence-corrected chi connectivity index (χ2v) is 7.06. The topological polar surface area (TPSA) is 117 Å². The molecule has 1 aromatic heterocycles. The molecule has 0 radical (unpaired) electrons. The van der Waals surface area contributed by atoms with E-state index in [-0.39, 0.29) is 30.1 Å². The number of ether oxygens (including phenoxy) is 1. The van der Waals surface area contributed by atoms with Crippen LogP contribution in [0.3, 0.4) is 0 Å². The zero-order valence-corrected chi connectivity index (χ0v) is 17.3. The number of carbonyl (C=O) groups is 1. The van der Waals surface area contributed by atoms with Crippen LogP contribution in [0.25, 0.3) is 0 Å². The molecule has 2 aromatic rings. The van der Waals surface area contributed by atoms with Gasteiger partial charge in [-0.25, -0.2) is 9.80 Å². The Labute approximate surface area is 173 Å². The number of aromatic hydroxyl groups is 1. The number of carbonyl (C=O) groups excluding carboxylic acids is 1. The van der Waals surface area contributed by atoms with Gasteiger partial charge in [0, 0.05) is 25.5 Å². The summed E-state index contributed by atoms with van der Waals surface area (Å²) in [6.07, 6.45) is 1.68. The molecule has 0 aliphatic carbocycles. The van der Waals surface area contributed by atoms with E-state index >= 15 is 0 Å². The number of amides is 1. The monoisotopic (exact) mass is 414 g/mol. The summed E-state index contributed by atoms with van der Waals surface area (Å²) in [4.78, 5) is 39.2. The lowest BCUT2D eigenvalue weighted by molar-refractivity contribution is -0.130. The average molecular weight is 414 g/mol. The van der Waals surface area contributed by atoms with Crippen LogP contribution >= 0.6 is 0 Å². The molecule has 1 aliphatic rings. The summed E-state index contributed by atoms with van der Waals surface area (Å²) in [6, 6.07) is 6.84.